The van der Waals surface area contributed by atoms with Crippen LogP contribution < -0.4 is 10.2 Å². The van der Waals surface area contributed by atoms with Crippen LogP contribution >= 0.6 is 11.6 Å². The molecule has 1 saturated heterocycles. The molecule has 1 aliphatic heterocycles. The van der Waals surface area contributed by atoms with Crippen LogP contribution in [0, 0.1) is 0 Å². The number of anilines is 1. The zero-order valence-electron chi connectivity index (χ0n) is 21.8. The number of fused-ring (bicyclic) bond motifs is 1. The molecule has 0 radical (unpaired) electrons. The second-order valence-corrected chi connectivity index (χ2v) is 11.1. The molecule has 194 valence electrons. The highest BCUT2D eigenvalue weighted by Gasteiger charge is 2.42. The fourth-order valence-corrected chi connectivity index (χ4v) is 6.49. The maximum atomic E-state index is 14.0. The molecule has 1 aromatic heterocycles. The van der Waals surface area contributed by atoms with E-state index in [4.69, 9.17) is 21.6 Å². The Kier molecular flexibility index (Phi) is 6.79. The van der Waals surface area contributed by atoms with Gasteiger partial charge in [0.25, 0.3) is 5.91 Å². The zero-order valence-corrected chi connectivity index (χ0v) is 22.5. The first-order valence-electron chi connectivity index (χ1n) is 13.7. The van der Waals surface area contributed by atoms with Gasteiger partial charge in [0.2, 0.25) is 5.95 Å². The lowest BCUT2D eigenvalue weighted by Gasteiger charge is -2.32. The fourth-order valence-electron chi connectivity index (χ4n) is 6.36. The van der Waals surface area contributed by atoms with Gasteiger partial charge in [0, 0.05) is 29.7 Å². The molecule has 1 N–H and O–H groups in total. The van der Waals surface area contributed by atoms with E-state index in [2.05, 4.69) is 46.6 Å². The summed E-state index contributed by atoms with van der Waals surface area (Å²) in [5.74, 6) is 0.602. The second-order valence-electron chi connectivity index (χ2n) is 10.7. The molecule has 6 heteroatoms. The topological polar surface area (TPSA) is 58.1 Å². The lowest BCUT2D eigenvalue weighted by atomic mass is 9.74. The number of aromatic nitrogens is 2. The first kappa shape index (κ1) is 24.9. The number of rotatable bonds is 6. The van der Waals surface area contributed by atoms with Gasteiger partial charge in [-0.15, -0.1) is 0 Å². The van der Waals surface area contributed by atoms with Gasteiger partial charge in [0.05, 0.1) is 17.3 Å². The van der Waals surface area contributed by atoms with Crippen LogP contribution in [0.15, 0.2) is 72.9 Å². The minimum atomic E-state index is -0.336. The van der Waals surface area contributed by atoms with Crippen LogP contribution in [0.2, 0.25) is 5.02 Å². The van der Waals surface area contributed by atoms with Crippen LogP contribution in [-0.2, 0) is 5.41 Å². The summed E-state index contributed by atoms with van der Waals surface area (Å²) in [4.78, 5) is 26.1. The summed E-state index contributed by atoms with van der Waals surface area (Å²) in [6, 6.07) is 22.5. The maximum absolute atomic E-state index is 14.0. The highest BCUT2D eigenvalue weighted by molar-refractivity contribution is 6.30. The van der Waals surface area contributed by atoms with Crippen molar-refractivity contribution >= 4 is 34.2 Å². The molecular weight excluding hydrogens is 492 g/mol. The van der Waals surface area contributed by atoms with Gasteiger partial charge < -0.3 is 10.2 Å². The minimum absolute atomic E-state index is 0.131. The Morgan fingerprint density at radius 2 is 1.66 bits per heavy atom. The molecule has 1 saturated carbocycles. The van der Waals surface area contributed by atoms with Crippen molar-refractivity contribution in [1.29, 1.82) is 0 Å². The van der Waals surface area contributed by atoms with E-state index in [1.165, 1.54) is 5.56 Å². The smallest absolute Gasteiger partial charge is 0.255 e. The maximum Gasteiger partial charge on any atom is 0.255 e. The Hall–Kier alpha value is -3.44. The molecule has 2 heterocycles. The summed E-state index contributed by atoms with van der Waals surface area (Å²) in [7, 11) is 0. The van der Waals surface area contributed by atoms with E-state index in [1.807, 2.05) is 37.3 Å². The van der Waals surface area contributed by atoms with Crippen LogP contribution in [0.4, 0.5) is 5.95 Å². The number of benzene rings is 3. The van der Waals surface area contributed by atoms with Crippen molar-refractivity contribution in [3.63, 3.8) is 0 Å². The van der Waals surface area contributed by atoms with Gasteiger partial charge in [-0.2, -0.15) is 0 Å². The number of carbonyl (C=O) groups excluding carboxylic acids is 1. The number of carbonyl (C=O) groups is 1. The van der Waals surface area contributed by atoms with Crippen molar-refractivity contribution in [1.82, 2.24) is 15.3 Å². The molecule has 1 unspecified atom stereocenters. The quantitative estimate of drug-likeness (QED) is 0.289. The van der Waals surface area contributed by atoms with Crippen LogP contribution in [0.5, 0.6) is 0 Å². The Bertz CT molecular complexity index is 1450. The Morgan fingerprint density at radius 1 is 0.947 bits per heavy atom. The summed E-state index contributed by atoms with van der Waals surface area (Å²) in [5.41, 5.74) is 3.34. The first-order valence-corrected chi connectivity index (χ1v) is 14.1. The van der Waals surface area contributed by atoms with Crippen molar-refractivity contribution in [3.05, 3.63) is 100 Å². The number of amides is 1. The van der Waals surface area contributed by atoms with Gasteiger partial charge >= 0.3 is 0 Å². The molecule has 1 aliphatic carbocycles. The SMILES string of the molecule is CC(NC(=O)c1cnc(N2CCCC2)nc1C1(c2ccc(Cl)cc2)CCCC1)c1cccc2ccccc12. The molecule has 0 spiro atoms. The summed E-state index contributed by atoms with van der Waals surface area (Å²) in [5, 5.41) is 6.31. The highest BCUT2D eigenvalue weighted by atomic mass is 35.5. The highest BCUT2D eigenvalue weighted by Crippen LogP contribution is 2.47. The molecule has 5 nitrogen and oxygen atoms in total. The predicted molar refractivity (Wildman–Crippen MR) is 154 cm³/mol. The average Bonchev–Trinajstić information content (AvgIpc) is 3.66. The molecular formula is C32H33ClN4O. The third-order valence-electron chi connectivity index (χ3n) is 8.35. The number of nitrogens with one attached hydrogen (secondary N) is 1. The molecule has 1 amide bonds. The van der Waals surface area contributed by atoms with Crippen molar-refractivity contribution < 1.29 is 4.79 Å². The first-order chi connectivity index (χ1) is 18.5. The molecule has 38 heavy (non-hydrogen) atoms. The molecule has 0 bridgehead atoms. The van der Waals surface area contributed by atoms with E-state index in [1.54, 1.807) is 6.20 Å². The van der Waals surface area contributed by atoms with Gasteiger partial charge in [-0.05, 0) is 66.6 Å². The van der Waals surface area contributed by atoms with Gasteiger partial charge in [0.1, 0.15) is 0 Å². The van der Waals surface area contributed by atoms with E-state index < -0.39 is 0 Å². The fraction of sp³-hybridized carbons (Fsp3) is 0.344. The van der Waals surface area contributed by atoms with Crippen LogP contribution in [-0.4, -0.2) is 29.0 Å². The van der Waals surface area contributed by atoms with Crippen molar-refractivity contribution in [2.75, 3.05) is 18.0 Å². The Labute approximate surface area is 229 Å². The standard InChI is InChI=1S/C32H33ClN4O/c1-22(26-12-8-10-23-9-2-3-11-27(23)26)35-30(38)28-21-34-31(37-19-6-7-20-37)36-29(28)32(17-4-5-18-32)24-13-15-25(33)16-14-24/h2-3,8-16,21-22H,4-7,17-20H2,1H3,(H,35,38). The normalized spacial score (nSPS) is 17.6. The van der Waals surface area contributed by atoms with E-state index >= 15 is 0 Å². The summed E-state index contributed by atoms with van der Waals surface area (Å²) < 4.78 is 0. The Balaban J connectivity index is 1.41. The average molecular weight is 525 g/mol. The van der Waals surface area contributed by atoms with Crippen molar-refractivity contribution in [2.45, 2.75) is 56.9 Å². The van der Waals surface area contributed by atoms with Crippen molar-refractivity contribution in [3.8, 4) is 0 Å². The van der Waals surface area contributed by atoms with E-state index in [0.717, 1.165) is 79.6 Å². The predicted octanol–water partition coefficient (Wildman–Crippen LogP) is 7.23. The van der Waals surface area contributed by atoms with Crippen LogP contribution in [0.1, 0.15) is 78.7 Å². The number of hydrogen-bond donors (Lipinski definition) is 1. The van der Waals surface area contributed by atoms with Crippen LogP contribution in [0.3, 0.4) is 0 Å². The number of nitrogens with zero attached hydrogens (tertiary/aromatic N) is 3. The van der Waals surface area contributed by atoms with Crippen LogP contribution in [0.25, 0.3) is 10.8 Å². The van der Waals surface area contributed by atoms with Gasteiger partial charge in [-0.3, -0.25) is 4.79 Å². The summed E-state index contributed by atoms with van der Waals surface area (Å²) >= 11 is 6.26. The third kappa shape index (κ3) is 4.54. The number of halogens is 1. The summed E-state index contributed by atoms with van der Waals surface area (Å²) in [6.07, 6.45) is 8.14. The van der Waals surface area contributed by atoms with Gasteiger partial charge in [-0.1, -0.05) is 79.0 Å². The second kappa shape index (κ2) is 10.4. The van der Waals surface area contributed by atoms with Crippen molar-refractivity contribution in [2.24, 2.45) is 0 Å². The minimum Gasteiger partial charge on any atom is -0.345 e. The largest absolute Gasteiger partial charge is 0.345 e. The Morgan fingerprint density at radius 3 is 2.42 bits per heavy atom. The third-order valence-corrected chi connectivity index (χ3v) is 8.61. The van der Waals surface area contributed by atoms with Gasteiger partial charge in [-0.25, -0.2) is 9.97 Å². The molecule has 2 fully saturated rings. The molecule has 1 atom stereocenters. The molecule has 6 rings (SSSR count). The lowest BCUT2D eigenvalue weighted by Crippen LogP contribution is -2.34. The number of hydrogen-bond acceptors (Lipinski definition) is 4. The summed E-state index contributed by atoms with van der Waals surface area (Å²) in [6.45, 7) is 3.96. The van der Waals surface area contributed by atoms with E-state index in [0.29, 0.717) is 10.6 Å². The molecule has 4 aromatic rings. The lowest BCUT2D eigenvalue weighted by molar-refractivity contribution is 0.0937. The molecule has 2 aliphatic rings. The zero-order chi connectivity index (χ0) is 26.1. The molecule has 3 aromatic carbocycles. The van der Waals surface area contributed by atoms with E-state index in [-0.39, 0.29) is 17.4 Å². The van der Waals surface area contributed by atoms with Gasteiger partial charge in [0.15, 0.2) is 0 Å². The monoisotopic (exact) mass is 524 g/mol. The van der Waals surface area contributed by atoms with E-state index in [9.17, 15) is 4.79 Å².